The summed E-state index contributed by atoms with van der Waals surface area (Å²) in [7, 11) is 0. The Morgan fingerprint density at radius 2 is 2.16 bits per heavy atom. The first-order valence-corrected chi connectivity index (χ1v) is 7.78. The minimum absolute atomic E-state index is 0.181. The molecule has 0 spiro atoms. The standard InChI is InChI=1S/C15H26N2O2/c1-2-3-4-5-6-15(19)17-10-9-13-12(11-17)7-8-14(18)16-13/h12-13H,2-11H2,1H3,(H,16,18). The molecule has 2 rings (SSSR count). The van der Waals surface area contributed by atoms with Crippen molar-refractivity contribution in [1.29, 1.82) is 0 Å². The Hall–Kier alpha value is -1.06. The molecule has 1 N–H and O–H groups in total. The van der Waals surface area contributed by atoms with Gasteiger partial charge < -0.3 is 10.2 Å². The normalized spacial score (nSPS) is 26.8. The van der Waals surface area contributed by atoms with E-state index in [1.54, 1.807) is 0 Å². The maximum absolute atomic E-state index is 12.1. The lowest BCUT2D eigenvalue weighted by atomic mass is 9.85. The van der Waals surface area contributed by atoms with Crippen molar-refractivity contribution < 1.29 is 9.59 Å². The van der Waals surface area contributed by atoms with Crippen molar-refractivity contribution in [3.8, 4) is 0 Å². The van der Waals surface area contributed by atoms with Gasteiger partial charge in [0.15, 0.2) is 0 Å². The maximum Gasteiger partial charge on any atom is 0.222 e. The molecule has 4 nitrogen and oxygen atoms in total. The second-order valence-corrected chi connectivity index (χ2v) is 5.91. The van der Waals surface area contributed by atoms with Crippen LogP contribution in [-0.4, -0.2) is 35.8 Å². The van der Waals surface area contributed by atoms with Crippen LogP contribution in [0.2, 0.25) is 0 Å². The van der Waals surface area contributed by atoms with Gasteiger partial charge in [0.05, 0.1) is 0 Å². The van der Waals surface area contributed by atoms with Crippen LogP contribution in [0, 0.1) is 5.92 Å². The first-order chi connectivity index (χ1) is 9.20. The third-order valence-corrected chi connectivity index (χ3v) is 4.42. The summed E-state index contributed by atoms with van der Waals surface area (Å²) in [6.45, 7) is 3.84. The largest absolute Gasteiger partial charge is 0.353 e. The Morgan fingerprint density at radius 3 is 2.95 bits per heavy atom. The molecule has 0 radical (unpaired) electrons. The fraction of sp³-hybridized carbons (Fsp3) is 0.867. The van der Waals surface area contributed by atoms with Crippen LogP contribution in [-0.2, 0) is 9.59 Å². The first-order valence-electron chi connectivity index (χ1n) is 7.78. The van der Waals surface area contributed by atoms with Gasteiger partial charge in [-0.25, -0.2) is 0 Å². The number of hydrogen-bond acceptors (Lipinski definition) is 2. The highest BCUT2D eigenvalue weighted by molar-refractivity contribution is 5.78. The van der Waals surface area contributed by atoms with E-state index in [0.29, 0.717) is 30.7 Å². The second-order valence-electron chi connectivity index (χ2n) is 5.91. The molecule has 2 fully saturated rings. The van der Waals surface area contributed by atoms with Crippen LogP contribution in [0.25, 0.3) is 0 Å². The lowest BCUT2D eigenvalue weighted by molar-refractivity contribution is -0.134. The van der Waals surface area contributed by atoms with Crippen molar-refractivity contribution in [2.75, 3.05) is 13.1 Å². The number of nitrogens with zero attached hydrogens (tertiary/aromatic N) is 1. The summed E-state index contributed by atoms with van der Waals surface area (Å²) >= 11 is 0. The molecule has 2 aliphatic rings. The van der Waals surface area contributed by atoms with E-state index in [-0.39, 0.29) is 5.91 Å². The van der Waals surface area contributed by atoms with Gasteiger partial charge in [-0.2, -0.15) is 0 Å². The van der Waals surface area contributed by atoms with Crippen molar-refractivity contribution >= 4 is 11.8 Å². The average Bonchev–Trinajstić information content (AvgIpc) is 2.42. The van der Waals surface area contributed by atoms with E-state index < -0.39 is 0 Å². The zero-order valence-corrected chi connectivity index (χ0v) is 12.0. The molecular weight excluding hydrogens is 240 g/mol. The molecule has 0 aromatic heterocycles. The number of fused-ring (bicyclic) bond motifs is 1. The zero-order chi connectivity index (χ0) is 13.7. The minimum Gasteiger partial charge on any atom is -0.353 e. The van der Waals surface area contributed by atoms with Gasteiger partial charge in [0, 0.05) is 32.0 Å². The molecule has 2 heterocycles. The minimum atomic E-state index is 0.181. The molecule has 19 heavy (non-hydrogen) atoms. The molecule has 0 aliphatic carbocycles. The SMILES string of the molecule is CCCCCCC(=O)N1CCC2NC(=O)CCC2C1. The zero-order valence-electron chi connectivity index (χ0n) is 12.0. The Labute approximate surface area is 115 Å². The predicted molar refractivity (Wildman–Crippen MR) is 74.6 cm³/mol. The Bertz CT molecular complexity index is 330. The average molecular weight is 266 g/mol. The van der Waals surface area contributed by atoms with Gasteiger partial charge in [-0.3, -0.25) is 9.59 Å². The van der Waals surface area contributed by atoms with Crippen LogP contribution in [0.4, 0.5) is 0 Å². The molecule has 0 aromatic rings. The van der Waals surface area contributed by atoms with Crippen molar-refractivity contribution in [3.63, 3.8) is 0 Å². The predicted octanol–water partition coefficient (Wildman–Crippen LogP) is 2.08. The Balaban J connectivity index is 1.74. The summed E-state index contributed by atoms with van der Waals surface area (Å²) in [5.41, 5.74) is 0. The van der Waals surface area contributed by atoms with E-state index in [4.69, 9.17) is 0 Å². The van der Waals surface area contributed by atoms with Crippen molar-refractivity contribution in [1.82, 2.24) is 10.2 Å². The van der Waals surface area contributed by atoms with Crippen LogP contribution in [0.15, 0.2) is 0 Å². The fourth-order valence-electron chi connectivity index (χ4n) is 3.20. The van der Waals surface area contributed by atoms with E-state index in [1.165, 1.54) is 12.8 Å². The van der Waals surface area contributed by atoms with Crippen LogP contribution in [0.5, 0.6) is 0 Å². The summed E-state index contributed by atoms with van der Waals surface area (Å²) < 4.78 is 0. The highest BCUT2D eigenvalue weighted by atomic mass is 16.2. The summed E-state index contributed by atoms with van der Waals surface area (Å²) in [6, 6.07) is 0.311. The second kappa shape index (κ2) is 6.92. The van der Waals surface area contributed by atoms with Gasteiger partial charge in [0.25, 0.3) is 0 Å². The molecule has 2 amide bonds. The van der Waals surface area contributed by atoms with Crippen molar-refractivity contribution in [2.24, 2.45) is 5.92 Å². The van der Waals surface area contributed by atoms with Gasteiger partial charge in [0.1, 0.15) is 0 Å². The fourth-order valence-corrected chi connectivity index (χ4v) is 3.20. The number of likely N-dealkylation sites (tertiary alicyclic amines) is 1. The molecular formula is C15H26N2O2. The van der Waals surface area contributed by atoms with E-state index in [0.717, 1.165) is 38.8 Å². The smallest absolute Gasteiger partial charge is 0.222 e. The lowest BCUT2D eigenvalue weighted by Gasteiger charge is -2.41. The van der Waals surface area contributed by atoms with E-state index in [9.17, 15) is 9.59 Å². The molecule has 0 aromatic carbocycles. The van der Waals surface area contributed by atoms with Gasteiger partial charge in [0.2, 0.25) is 11.8 Å². The van der Waals surface area contributed by atoms with Gasteiger partial charge in [-0.1, -0.05) is 26.2 Å². The van der Waals surface area contributed by atoms with Gasteiger partial charge >= 0.3 is 0 Å². The summed E-state index contributed by atoms with van der Waals surface area (Å²) in [5.74, 6) is 0.970. The Morgan fingerprint density at radius 1 is 1.32 bits per heavy atom. The number of piperidine rings is 2. The maximum atomic E-state index is 12.1. The van der Waals surface area contributed by atoms with Crippen molar-refractivity contribution in [2.45, 2.75) is 64.3 Å². The molecule has 0 bridgehead atoms. The summed E-state index contributed by atoms with van der Waals surface area (Å²) in [4.78, 5) is 25.5. The van der Waals surface area contributed by atoms with Gasteiger partial charge in [-0.15, -0.1) is 0 Å². The lowest BCUT2D eigenvalue weighted by Crippen LogP contribution is -2.55. The third kappa shape index (κ3) is 3.95. The Kier molecular flexibility index (Phi) is 5.23. The van der Waals surface area contributed by atoms with Crippen molar-refractivity contribution in [3.05, 3.63) is 0 Å². The molecule has 108 valence electrons. The molecule has 0 saturated carbocycles. The quantitative estimate of drug-likeness (QED) is 0.775. The third-order valence-electron chi connectivity index (χ3n) is 4.42. The number of carbonyl (C=O) groups excluding carboxylic acids is 2. The topological polar surface area (TPSA) is 49.4 Å². The molecule has 2 unspecified atom stereocenters. The molecule has 2 saturated heterocycles. The number of rotatable bonds is 5. The summed E-state index contributed by atoms with van der Waals surface area (Å²) in [5, 5.41) is 3.06. The number of carbonyl (C=O) groups is 2. The highest BCUT2D eigenvalue weighted by Gasteiger charge is 2.34. The van der Waals surface area contributed by atoms with E-state index >= 15 is 0 Å². The molecule has 2 atom stereocenters. The van der Waals surface area contributed by atoms with Crippen LogP contribution in [0.1, 0.15) is 58.3 Å². The number of amides is 2. The van der Waals surface area contributed by atoms with Gasteiger partial charge in [-0.05, 0) is 25.2 Å². The number of nitrogens with one attached hydrogen (secondary N) is 1. The number of hydrogen-bond donors (Lipinski definition) is 1. The number of unbranched alkanes of at least 4 members (excludes halogenated alkanes) is 3. The van der Waals surface area contributed by atoms with E-state index in [2.05, 4.69) is 12.2 Å². The summed E-state index contributed by atoms with van der Waals surface area (Å²) in [6.07, 6.45) is 7.81. The molecule has 2 aliphatic heterocycles. The van der Waals surface area contributed by atoms with Crippen LogP contribution in [0.3, 0.4) is 0 Å². The van der Waals surface area contributed by atoms with E-state index in [1.807, 2.05) is 4.90 Å². The van der Waals surface area contributed by atoms with Crippen LogP contribution < -0.4 is 5.32 Å². The highest BCUT2D eigenvalue weighted by Crippen LogP contribution is 2.25. The monoisotopic (exact) mass is 266 g/mol. The van der Waals surface area contributed by atoms with Crippen LogP contribution >= 0.6 is 0 Å². The molecule has 4 heteroatoms. The first kappa shape index (κ1) is 14.4.